The molecule has 0 aromatic carbocycles. The molecule has 0 bridgehead atoms. The van der Waals surface area contributed by atoms with E-state index in [1.807, 2.05) is 5.38 Å². The van der Waals surface area contributed by atoms with Gasteiger partial charge in [0.05, 0.1) is 5.56 Å². The van der Waals surface area contributed by atoms with Crippen LogP contribution in [0, 0.1) is 11.3 Å². The molecule has 0 aliphatic heterocycles. The fraction of sp³-hybridized carbons (Fsp3) is 0.375. The highest BCUT2D eigenvalue weighted by Crippen LogP contribution is 2.42. The van der Waals surface area contributed by atoms with Gasteiger partial charge in [0.2, 0.25) is 0 Å². The van der Waals surface area contributed by atoms with Crippen molar-refractivity contribution in [3.8, 4) is 6.07 Å². The maximum atomic E-state index is 8.64. The number of hydrogen-bond donors (Lipinski definition) is 0. The van der Waals surface area contributed by atoms with Crippen molar-refractivity contribution in [1.29, 1.82) is 5.26 Å². The average Bonchev–Trinajstić information content (AvgIpc) is 2.69. The molecule has 1 saturated carbocycles. The molecule has 1 aliphatic rings. The standard InChI is InChI=1S/C8H7NS/c9-3-7-4-10-5-8(7)6-1-2-6/h4-6H,1-2H2. The molecule has 0 radical (unpaired) electrons. The third kappa shape index (κ3) is 0.833. The summed E-state index contributed by atoms with van der Waals surface area (Å²) >= 11 is 1.64. The first kappa shape index (κ1) is 5.94. The second-order valence-electron chi connectivity index (χ2n) is 2.63. The number of nitriles is 1. The van der Waals surface area contributed by atoms with Crippen molar-refractivity contribution < 1.29 is 0 Å². The predicted molar refractivity (Wildman–Crippen MR) is 41.0 cm³/mol. The van der Waals surface area contributed by atoms with Crippen LogP contribution >= 0.6 is 11.3 Å². The maximum absolute atomic E-state index is 8.64. The number of rotatable bonds is 1. The number of thiophene rings is 1. The van der Waals surface area contributed by atoms with E-state index in [0.29, 0.717) is 0 Å². The van der Waals surface area contributed by atoms with Gasteiger partial charge < -0.3 is 0 Å². The zero-order valence-corrected chi connectivity index (χ0v) is 6.32. The van der Waals surface area contributed by atoms with Crippen molar-refractivity contribution in [2.24, 2.45) is 0 Å². The molecule has 1 fully saturated rings. The first-order valence-electron chi connectivity index (χ1n) is 3.38. The minimum Gasteiger partial charge on any atom is -0.192 e. The molecule has 1 aliphatic carbocycles. The van der Waals surface area contributed by atoms with E-state index in [2.05, 4.69) is 11.4 Å². The van der Waals surface area contributed by atoms with Gasteiger partial charge in [-0.05, 0) is 29.7 Å². The van der Waals surface area contributed by atoms with Crippen molar-refractivity contribution in [3.05, 3.63) is 21.9 Å². The smallest absolute Gasteiger partial charge is 0.100 e. The van der Waals surface area contributed by atoms with Crippen LogP contribution in [0.15, 0.2) is 10.8 Å². The molecule has 10 heavy (non-hydrogen) atoms. The monoisotopic (exact) mass is 149 g/mol. The molecular weight excluding hydrogens is 142 g/mol. The summed E-state index contributed by atoms with van der Waals surface area (Å²) in [5, 5.41) is 12.7. The van der Waals surface area contributed by atoms with E-state index in [9.17, 15) is 0 Å². The highest BCUT2D eigenvalue weighted by atomic mass is 32.1. The summed E-state index contributed by atoms with van der Waals surface area (Å²) in [6.07, 6.45) is 2.57. The Balaban J connectivity index is 2.40. The van der Waals surface area contributed by atoms with Gasteiger partial charge in [0.15, 0.2) is 0 Å². The van der Waals surface area contributed by atoms with E-state index >= 15 is 0 Å². The molecule has 50 valence electrons. The second-order valence-corrected chi connectivity index (χ2v) is 3.37. The third-order valence-corrected chi connectivity index (χ3v) is 2.59. The lowest BCUT2D eigenvalue weighted by Gasteiger charge is -1.88. The Bertz CT molecular complexity index is 278. The Hall–Kier alpha value is -0.810. The Kier molecular flexibility index (Phi) is 1.25. The van der Waals surface area contributed by atoms with Gasteiger partial charge in [-0.15, -0.1) is 0 Å². The normalized spacial score (nSPS) is 16.7. The van der Waals surface area contributed by atoms with Gasteiger partial charge in [0, 0.05) is 5.38 Å². The van der Waals surface area contributed by atoms with E-state index in [1.54, 1.807) is 11.3 Å². The quantitative estimate of drug-likeness (QED) is 0.601. The SMILES string of the molecule is N#Cc1cscc1C1CC1. The van der Waals surface area contributed by atoms with Crippen molar-refractivity contribution in [3.63, 3.8) is 0 Å². The topological polar surface area (TPSA) is 23.8 Å². The fourth-order valence-corrected chi connectivity index (χ4v) is 1.97. The summed E-state index contributed by atoms with van der Waals surface area (Å²) in [5.41, 5.74) is 2.18. The van der Waals surface area contributed by atoms with Gasteiger partial charge in [0.1, 0.15) is 6.07 Å². The first-order valence-corrected chi connectivity index (χ1v) is 4.32. The highest BCUT2D eigenvalue weighted by molar-refractivity contribution is 7.08. The molecule has 2 rings (SSSR count). The largest absolute Gasteiger partial charge is 0.192 e. The third-order valence-electron chi connectivity index (χ3n) is 1.83. The highest BCUT2D eigenvalue weighted by Gasteiger charge is 2.26. The minimum absolute atomic E-state index is 0.723. The van der Waals surface area contributed by atoms with Gasteiger partial charge in [-0.2, -0.15) is 16.6 Å². The van der Waals surface area contributed by atoms with Crippen LogP contribution in [0.4, 0.5) is 0 Å². The Morgan fingerprint density at radius 3 is 2.90 bits per heavy atom. The summed E-state index contributed by atoms with van der Waals surface area (Å²) in [6.45, 7) is 0. The zero-order valence-electron chi connectivity index (χ0n) is 5.50. The lowest BCUT2D eigenvalue weighted by Crippen LogP contribution is -1.77. The van der Waals surface area contributed by atoms with Crippen molar-refractivity contribution in [2.75, 3.05) is 0 Å². The Morgan fingerprint density at radius 2 is 2.30 bits per heavy atom. The van der Waals surface area contributed by atoms with Crippen LogP contribution in [0.1, 0.15) is 29.9 Å². The van der Waals surface area contributed by atoms with Gasteiger partial charge in [0.25, 0.3) is 0 Å². The van der Waals surface area contributed by atoms with Gasteiger partial charge in [-0.1, -0.05) is 0 Å². The van der Waals surface area contributed by atoms with Crippen molar-refractivity contribution in [2.45, 2.75) is 18.8 Å². The van der Waals surface area contributed by atoms with Crippen LogP contribution in [0.2, 0.25) is 0 Å². The molecule has 2 heteroatoms. The van der Waals surface area contributed by atoms with Crippen LogP contribution in [-0.4, -0.2) is 0 Å². The molecule has 0 atom stereocenters. The summed E-state index contributed by atoms with van der Waals surface area (Å²) in [4.78, 5) is 0. The Labute approximate surface area is 63.9 Å². The van der Waals surface area contributed by atoms with Crippen molar-refractivity contribution >= 4 is 11.3 Å². The lowest BCUT2D eigenvalue weighted by atomic mass is 10.1. The number of nitrogens with zero attached hydrogens (tertiary/aromatic N) is 1. The minimum atomic E-state index is 0.723. The molecular formula is C8H7NS. The molecule has 0 N–H and O–H groups in total. The molecule has 0 unspecified atom stereocenters. The zero-order chi connectivity index (χ0) is 6.97. The van der Waals surface area contributed by atoms with Crippen molar-refractivity contribution in [1.82, 2.24) is 0 Å². The van der Waals surface area contributed by atoms with Crippen LogP contribution in [0.25, 0.3) is 0 Å². The maximum Gasteiger partial charge on any atom is 0.100 e. The fourth-order valence-electron chi connectivity index (χ4n) is 1.11. The van der Waals surface area contributed by atoms with Crippen LogP contribution < -0.4 is 0 Å². The average molecular weight is 149 g/mol. The summed E-state index contributed by atoms with van der Waals surface area (Å²) in [5.74, 6) is 0.723. The summed E-state index contributed by atoms with van der Waals surface area (Å²) in [7, 11) is 0. The van der Waals surface area contributed by atoms with E-state index in [-0.39, 0.29) is 0 Å². The van der Waals surface area contributed by atoms with E-state index in [4.69, 9.17) is 5.26 Å². The van der Waals surface area contributed by atoms with E-state index < -0.39 is 0 Å². The van der Waals surface area contributed by atoms with E-state index in [1.165, 1.54) is 18.4 Å². The second kappa shape index (κ2) is 2.10. The van der Waals surface area contributed by atoms with Crippen LogP contribution in [0.3, 0.4) is 0 Å². The van der Waals surface area contributed by atoms with Crippen LogP contribution in [0.5, 0.6) is 0 Å². The molecule has 0 spiro atoms. The number of hydrogen-bond acceptors (Lipinski definition) is 2. The molecule has 0 amide bonds. The molecule has 1 aromatic heterocycles. The van der Waals surface area contributed by atoms with E-state index in [0.717, 1.165) is 11.5 Å². The lowest BCUT2D eigenvalue weighted by molar-refractivity contribution is 1.13. The van der Waals surface area contributed by atoms with Gasteiger partial charge in [-0.3, -0.25) is 0 Å². The molecule has 0 saturated heterocycles. The first-order chi connectivity index (χ1) is 4.92. The van der Waals surface area contributed by atoms with Crippen LogP contribution in [-0.2, 0) is 0 Å². The molecule has 1 aromatic rings. The predicted octanol–water partition coefficient (Wildman–Crippen LogP) is 2.50. The molecule has 1 nitrogen and oxygen atoms in total. The summed E-state index contributed by atoms with van der Waals surface area (Å²) in [6, 6.07) is 2.21. The van der Waals surface area contributed by atoms with Gasteiger partial charge in [-0.25, -0.2) is 0 Å². The molecule has 1 heterocycles. The summed E-state index contributed by atoms with van der Waals surface area (Å²) < 4.78 is 0. The Morgan fingerprint density at radius 1 is 1.50 bits per heavy atom. The van der Waals surface area contributed by atoms with Gasteiger partial charge >= 0.3 is 0 Å².